The maximum atomic E-state index is 12.9. The summed E-state index contributed by atoms with van der Waals surface area (Å²) in [6.07, 6.45) is -4.64. The molecule has 0 spiro atoms. The van der Waals surface area contributed by atoms with Crippen LogP contribution in [0.25, 0.3) is 0 Å². The van der Waals surface area contributed by atoms with Gasteiger partial charge in [-0.3, -0.25) is 4.79 Å². The van der Waals surface area contributed by atoms with E-state index in [1.54, 1.807) is 36.4 Å². The normalized spacial score (nSPS) is 12.5. The van der Waals surface area contributed by atoms with Gasteiger partial charge < -0.3 is 0 Å². The minimum Gasteiger partial charge on any atom is -0.292 e. The predicted molar refractivity (Wildman–Crippen MR) is 70.6 cm³/mol. The van der Waals surface area contributed by atoms with E-state index in [2.05, 4.69) is 0 Å². The molecule has 2 aromatic rings. The second-order valence-electron chi connectivity index (χ2n) is 4.38. The molecule has 5 heteroatoms. The Morgan fingerprint density at radius 2 is 1.57 bits per heavy atom. The highest BCUT2D eigenvalue weighted by Crippen LogP contribution is 2.34. The Balaban J connectivity index is 2.48. The zero-order valence-corrected chi connectivity index (χ0v) is 10.8. The minimum absolute atomic E-state index is 0.377. The number of Topliss-reactive ketones (excluding diaryl/α,β-unsaturated/α-hetero) is 1. The predicted octanol–water partition coefficient (Wildman–Crippen LogP) is 4.20. The lowest BCUT2D eigenvalue weighted by molar-refractivity contribution is -0.137. The Kier molecular flexibility index (Phi) is 4.08. The third kappa shape index (κ3) is 3.11. The van der Waals surface area contributed by atoms with Gasteiger partial charge >= 0.3 is 6.18 Å². The number of carbonyl (C=O) groups is 1. The second kappa shape index (κ2) is 5.80. The van der Waals surface area contributed by atoms with E-state index in [0.29, 0.717) is 5.56 Å². The fourth-order valence-electron chi connectivity index (χ4n) is 2.03. The van der Waals surface area contributed by atoms with Crippen molar-refractivity contribution in [3.63, 3.8) is 0 Å². The molecule has 1 atom stereocenters. The van der Waals surface area contributed by atoms with Crippen molar-refractivity contribution in [2.45, 2.75) is 12.1 Å². The van der Waals surface area contributed by atoms with Gasteiger partial charge in [0.25, 0.3) is 0 Å². The molecule has 0 amide bonds. The molecule has 21 heavy (non-hydrogen) atoms. The number of alkyl halides is 3. The Bertz CT molecular complexity index is 687. The Labute approximate surface area is 119 Å². The van der Waals surface area contributed by atoms with Gasteiger partial charge in [0, 0.05) is 5.56 Å². The summed E-state index contributed by atoms with van der Waals surface area (Å²) in [6, 6.07) is 14.3. The van der Waals surface area contributed by atoms with Gasteiger partial charge in [0.2, 0.25) is 0 Å². The van der Waals surface area contributed by atoms with E-state index in [0.717, 1.165) is 12.1 Å². The highest BCUT2D eigenvalue weighted by molar-refractivity contribution is 6.04. The molecule has 106 valence electrons. The van der Waals surface area contributed by atoms with Crippen molar-refractivity contribution in [3.05, 3.63) is 71.3 Å². The summed E-state index contributed by atoms with van der Waals surface area (Å²) in [4.78, 5) is 12.3. The number of nitrogens with zero attached hydrogens (tertiary/aromatic N) is 1. The standard InChI is InChI=1S/C16H10F3NO/c17-16(18,19)14-9-5-4-8-12(14)15(21)13(10-20)11-6-2-1-3-7-11/h1-9,13H. The molecule has 0 bridgehead atoms. The molecule has 0 N–H and O–H groups in total. The fourth-order valence-corrected chi connectivity index (χ4v) is 2.03. The van der Waals surface area contributed by atoms with Crippen LogP contribution in [0.15, 0.2) is 54.6 Å². The number of ketones is 1. The summed E-state index contributed by atoms with van der Waals surface area (Å²) in [7, 11) is 0. The molecular weight excluding hydrogens is 279 g/mol. The van der Waals surface area contributed by atoms with Gasteiger partial charge in [0.05, 0.1) is 11.6 Å². The molecule has 0 heterocycles. The molecule has 0 saturated heterocycles. The third-order valence-corrected chi connectivity index (χ3v) is 3.02. The first kappa shape index (κ1) is 14.8. The van der Waals surface area contributed by atoms with Crippen molar-refractivity contribution in [2.75, 3.05) is 0 Å². The number of benzene rings is 2. The first-order valence-corrected chi connectivity index (χ1v) is 6.10. The van der Waals surface area contributed by atoms with Gasteiger partial charge in [0.1, 0.15) is 5.92 Å². The van der Waals surface area contributed by atoms with E-state index in [4.69, 9.17) is 5.26 Å². The van der Waals surface area contributed by atoms with E-state index in [1.165, 1.54) is 12.1 Å². The molecule has 0 radical (unpaired) electrons. The summed E-state index contributed by atoms with van der Waals surface area (Å²) in [5.74, 6) is -2.11. The fraction of sp³-hybridized carbons (Fsp3) is 0.125. The molecule has 0 aliphatic heterocycles. The number of nitriles is 1. The summed E-state index contributed by atoms with van der Waals surface area (Å²) in [6.45, 7) is 0. The molecule has 2 nitrogen and oxygen atoms in total. The average Bonchev–Trinajstić information content (AvgIpc) is 2.48. The number of halogens is 3. The summed E-state index contributed by atoms with van der Waals surface area (Å²) in [5.41, 5.74) is -1.13. The van der Waals surface area contributed by atoms with Crippen molar-refractivity contribution in [1.82, 2.24) is 0 Å². The first-order valence-electron chi connectivity index (χ1n) is 6.10. The molecule has 0 aliphatic rings. The minimum atomic E-state index is -4.64. The van der Waals surface area contributed by atoms with Crippen LogP contribution in [-0.2, 0) is 6.18 Å². The summed E-state index contributed by atoms with van der Waals surface area (Å²) in [5, 5.41) is 9.15. The van der Waals surface area contributed by atoms with Crippen LogP contribution in [0.4, 0.5) is 13.2 Å². The van der Waals surface area contributed by atoms with Crippen LogP contribution in [0.1, 0.15) is 27.4 Å². The Morgan fingerprint density at radius 3 is 2.14 bits per heavy atom. The van der Waals surface area contributed by atoms with E-state index >= 15 is 0 Å². The lowest BCUT2D eigenvalue weighted by Crippen LogP contribution is -2.17. The van der Waals surface area contributed by atoms with Crippen LogP contribution < -0.4 is 0 Å². The van der Waals surface area contributed by atoms with Crippen molar-refractivity contribution >= 4 is 5.78 Å². The molecule has 2 rings (SSSR count). The Morgan fingerprint density at radius 1 is 1.00 bits per heavy atom. The largest absolute Gasteiger partial charge is 0.417 e. The molecular formula is C16H10F3NO. The van der Waals surface area contributed by atoms with Gasteiger partial charge in [-0.1, -0.05) is 48.5 Å². The van der Waals surface area contributed by atoms with Gasteiger partial charge in [0.15, 0.2) is 5.78 Å². The number of rotatable bonds is 3. The molecule has 0 saturated carbocycles. The number of carbonyl (C=O) groups excluding carboxylic acids is 1. The quantitative estimate of drug-likeness (QED) is 0.795. The topological polar surface area (TPSA) is 40.9 Å². The van der Waals surface area contributed by atoms with E-state index in [-0.39, 0.29) is 0 Å². The smallest absolute Gasteiger partial charge is 0.292 e. The van der Waals surface area contributed by atoms with E-state index in [9.17, 15) is 18.0 Å². The molecule has 0 aliphatic carbocycles. The van der Waals surface area contributed by atoms with E-state index in [1.807, 2.05) is 0 Å². The molecule has 2 aromatic carbocycles. The molecule has 1 unspecified atom stereocenters. The van der Waals surface area contributed by atoms with Crippen molar-refractivity contribution in [1.29, 1.82) is 5.26 Å². The van der Waals surface area contributed by atoms with Crippen LogP contribution >= 0.6 is 0 Å². The Hall–Kier alpha value is -2.61. The monoisotopic (exact) mass is 289 g/mol. The van der Waals surface area contributed by atoms with Gasteiger partial charge in [-0.05, 0) is 11.6 Å². The van der Waals surface area contributed by atoms with E-state index < -0.39 is 29.0 Å². The van der Waals surface area contributed by atoms with Crippen LogP contribution in [0.2, 0.25) is 0 Å². The van der Waals surface area contributed by atoms with Crippen molar-refractivity contribution < 1.29 is 18.0 Å². The highest BCUT2D eigenvalue weighted by Gasteiger charge is 2.36. The summed E-state index contributed by atoms with van der Waals surface area (Å²) < 4.78 is 38.8. The molecule has 0 aromatic heterocycles. The van der Waals surface area contributed by atoms with Crippen molar-refractivity contribution in [3.8, 4) is 6.07 Å². The van der Waals surface area contributed by atoms with Gasteiger partial charge in [-0.25, -0.2) is 0 Å². The molecule has 0 fully saturated rings. The summed E-state index contributed by atoms with van der Waals surface area (Å²) >= 11 is 0. The third-order valence-electron chi connectivity index (χ3n) is 3.02. The maximum Gasteiger partial charge on any atom is 0.417 e. The lowest BCUT2D eigenvalue weighted by atomic mass is 9.89. The highest BCUT2D eigenvalue weighted by atomic mass is 19.4. The lowest BCUT2D eigenvalue weighted by Gasteiger charge is -2.14. The van der Waals surface area contributed by atoms with Gasteiger partial charge in [-0.2, -0.15) is 18.4 Å². The van der Waals surface area contributed by atoms with Crippen LogP contribution in [-0.4, -0.2) is 5.78 Å². The first-order chi connectivity index (χ1) is 9.95. The zero-order valence-electron chi connectivity index (χ0n) is 10.8. The van der Waals surface area contributed by atoms with Crippen molar-refractivity contribution in [2.24, 2.45) is 0 Å². The van der Waals surface area contributed by atoms with Crippen LogP contribution in [0, 0.1) is 11.3 Å². The zero-order chi connectivity index (χ0) is 15.5. The van der Waals surface area contributed by atoms with Crippen LogP contribution in [0.3, 0.4) is 0 Å². The average molecular weight is 289 g/mol. The van der Waals surface area contributed by atoms with Crippen LogP contribution in [0.5, 0.6) is 0 Å². The second-order valence-corrected chi connectivity index (χ2v) is 4.38. The SMILES string of the molecule is N#CC(C(=O)c1ccccc1C(F)(F)F)c1ccccc1. The maximum absolute atomic E-state index is 12.9. The van der Waals surface area contributed by atoms with Gasteiger partial charge in [-0.15, -0.1) is 0 Å². The number of hydrogen-bond donors (Lipinski definition) is 0. The number of hydrogen-bond acceptors (Lipinski definition) is 2.